The summed E-state index contributed by atoms with van der Waals surface area (Å²) in [6.07, 6.45) is 0. The maximum Gasteiger partial charge on any atom is 0.212 e. The van der Waals surface area contributed by atoms with E-state index >= 15 is 0 Å². The van der Waals surface area contributed by atoms with Crippen LogP contribution in [0.4, 0.5) is 0 Å². The van der Waals surface area contributed by atoms with Gasteiger partial charge in [0.2, 0.25) is 19.7 Å². The van der Waals surface area contributed by atoms with E-state index in [2.05, 4.69) is 24.6 Å². The van der Waals surface area contributed by atoms with Gasteiger partial charge in [0.05, 0.1) is 23.0 Å². The maximum absolute atomic E-state index is 12.6. The van der Waals surface area contributed by atoms with Crippen LogP contribution < -0.4 is 0 Å². The topological polar surface area (TPSA) is 77.5 Å². The molecule has 0 saturated heterocycles. The minimum Gasteiger partial charge on any atom is -0.369 e. The van der Waals surface area contributed by atoms with Crippen molar-refractivity contribution in [3.05, 3.63) is 95.1 Å². The van der Waals surface area contributed by atoms with Gasteiger partial charge in [0.25, 0.3) is 0 Å². The normalized spacial score (nSPS) is 11.3. The minimum absolute atomic E-state index is 0.0798. The summed E-state index contributed by atoms with van der Waals surface area (Å²) in [6, 6.07) is 15.6. The monoisotopic (exact) mass is 402 g/mol. The average molecular weight is 402 g/mol. The van der Waals surface area contributed by atoms with Crippen LogP contribution in [0.3, 0.4) is 0 Å². The lowest BCUT2D eigenvalue weighted by atomic mass is 10.4. The van der Waals surface area contributed by atoms with E-state index in [9.17, 15) is 16.8 Å². The Balaban J connectivity index is 2.14. The second kappa shape index (κ2) is 8.82. The van der Waals surface area contributed by atoms with Gasteiger partial charge in [-0.1, -0.05) is 49.6 Å². The van der Waals surface area contributed by atoms with Crippen molar-refractivity contribution in [3.63, 3.8) is 0 Å². The Labute approximate surface area is 159 Å². The molecule has 0 saturated carbocycles. The molecule has 0 aliphatic heterocycles. The fourth-order valence-electron chi connectivity index (χ4n) is 2.17. The summed E-state index contributed by atoms with van der Waals surface area (Å²) >= 11 is 0. The molecule has 0 fully saturated rings. The van der Waals surface area contributed by atoms with Gasteiger partial charge in [-0.05, 0) is 24.3 Å². The molecule has 0 unspecified atom stereocenters. The van der Waals surface area contributed by atoms with Crippen molar-refractivity contribution in [2.24, 2.45) is 0 Å². The molecule has 0 radical (unpaired) electrons. The third-order valence-electron chi connectivity index (χ3n) is 3.62. The molecule has 0 amide bonds. The highest BCUT2D eigenvalue weighted by Gasteiger charge is 2.23. The molecule has 140 valence electrons. The van der Waals surface area contributed by atoms with Gasteiger partial charge in [-0.2, -0.15) is 0 Å². The van der Waals surface area contributed by atoms with Crippen LogP contribution in [0, 0.1) is 0 Å². The molecule has 0 spiro atoms. The smallest absolute Gasteiger partial charge is 0.212 e. The third kappa shape index (κ3) is 4.74. The lowest BCUT2D eigenvalue weighted by Gasteiger charge is -2.10. The molecule has 27 heavy (non-hydrogen) atoms. The van der Waals surface area contributed by atoms with Crippen LogP contribution in [0.2, 0.25) is 0 Å². The largest absolute Gasteiger partial charge is 0.369 e. The standard InChI is InChI=1S/C20H18O5S2/c1-3-17(26(21,22)19-11-7-5-8-12-19)15-25-16-18(4-2)27(23,24)20-13-9-6-10-14-20/h5-14H,1-2,15-16H2. The number of benzene rings is 2. The predicted molar refractivity (Wildman–Crippen MR) is 103 cm³/mol. The summed E-state index contributed by atoms with van der Waals surface area (Å²) < 4.78 is 55.5. The van der Waals surface area contributed by atoms with E-state index in [1.165, 1.54) is 24.3 Å². The lowest BCUT2D eigenvalue weighted by molar-refractivity contribution is 0.188. The van der Waals surface area contributed by atoms with Crippen LogP contribution in [0.5, 0.6) is 0 Å². The molecule has 0 aromatic heterocycles. The fraction of sp³-hybridized carbons (Fsp3) is 0.100. The first-order chi connectivity index (χ1) is 12.8. The van der Waals surface area contributed by atoms with Gasteiger partial charge in [0.15, 0.2) is 0 Å². The van der Waals surface area contributed by atoms with Crippen molar-refractivity contribution in [2.45, 2.75) is 9.79 Å². The van der Waals surface area contributed by atoms with Gasteiger partial charge in [0, 0.05) is 0 Å². The Hall–Kier alpha value is -2.66. The van der Waals surface area contributed by atoms with E-state index in [0.29, 0.717) is 0 Å². The molecule has 0 heterocycles. The lowest BCUT2D eigenvalue weighted by Crippen LogP contribution is -2.14. The zero-order chi connectivity index (χ0) is 19.9. The second-order valence-electron chi connectivity index (χ2n) is 5.33. The summed E-state index contributed by atoms with van der Waals surface area (Å²) in [4.78, 5) is -0.212. The first-order valence-electron chi connectivity index (χ1n) is 7.80. The van der Waals surface area contributed by atoms with Gasteiger partial charge in [-0.3, -0.25) is 0 Å². The molecule has 2 aromatic rings. The van der Waals surface area contributed by atoms with E-state index < -0.39 is 19.7 Å². The van der Waals surface area contributed by atoms with E-state index in [0.717, 1.165) is 0 Å². The highest BCUT2D eigenvalue weighted by Crippen LogP contribution is 2.21. The van der Waals surface area contributed by atoms with E-state index in [-0.39, 0.29) is 32.8 Å². The Morgan fingerprint density at radius 2 is 1.04 bits per heavy atom. The molecular formula is C20H18O5S2. The predicted octanol–water partition coefficient (Wildman–Crippen LogP) is 3.29. The van der Waals surface area contributed by atoms with Crippen LogP contribution >= 0.6 is 0 Å². The van der Waals surface area contributed by atoms with E-state index in [1.54, 1.807) is 36.4 Å². The first-order valence-corrected chi connectivity index (χ1v) is 10.8. The number of rotatable bonds is 8. The Morgan fingerprint density at radius 3 is 1.33 bits per heavy atom. The molecule has 0 aliphatic carbocycles. The molecule has 2 aromatic carbocycles. The zero-order valence-electron chi connectivity index (χ0n) is 14.5. The Bertz CT molecular complexity index is 1010. The fourth-order valence-corrected chi connectivity index (χ4v) is 4.62. The van der Waals surface area contributed by atoms with Crippen molar-refractivity contribution in [1.29, 1.82) is 0 Å². The zero-order valence-corrected chi connectivity index (χ0v) is 16.1. The Morgan fingerprint density at radius 1 is 0.704 bits per heavy atom. The van der Waals surface area contributed by atoms with E-state index in [4.69, 9.17) is 4.74 Å². The molecule has 0 N–H and O–H groups in total. The minimum atomic E-state index is -3.82. The first kappa shape index (κ1) is 20.6. The summed E-state index contributed by atoms with van der Waals surface area (Å²) in [5.41, 5.74) is 4.72. The van der Waals surface area contributed by atoms with Crippen LogP contribution in [0.25, 0.3) is 0 Å². The van der Waals surface area contributed by atoms with Crippen LogP contribution in [-0.2, 0) is 24.4 Å². The van der Waals surface area contributed by atoms with Crippen molar-refractivity contribution >= 4 is 19.7 Å². The van der Waals surface area contributed by atoms with Crippen LogP contribution in [0.1, 0.15) is 0 Å². The van der Waals surface area contributed by atoms with Crippen LogP contribution in [0.15, 0.2) is 105 Å². The number of ether oxygens (including phenoxy) is 1. The maximum atomic E-state index is 12.6. The molecule has 7 heteroatoms. The summed E-state index contributed by atoms with van der Waals surface area (Å²) in [5, 5.41) is 0. The van der Waals surface area contributed by atoms with Crippen LogP contribution in [-0.4, -0.2) is 30.0 Å². The molecule has 0 bridgehead atoms. The molecule has 0 atom stereocenters. The number of hydrogen-bond donors (Lipinski definition) is 0. The average Bonchev–Trinajstić information content (AvgIpc) is 2.69. The Kier molecular flexibility index (Phi) is 6.75. The van der Waals surface area contributed by atoms with Gasteiger partial charge >= 0.3 is 0 Å². The molecular weight excluding hydrogens is 384 g/mol. The van der Waals surface area contributed by atoms with Gasteiger partial charge in [-0.25, -0.2) is 16.8 Å². The molecule has 0 aliphatic rings. The van der Waals surface area contributed by atoms with Crippen molar-refractivity contribution in [3.8, 4) is 0 Å². The highest BCUT2D eigenvalue weighted by atomic mass is 32.2. The summed E-state index contributed by atoms with van der Waals surface area (Å²) in [7, 11) is -7.64. The SMILES string of the molecule is C=C=C(COCC(=C=C)S(=O)(=O)c1ccccc1)S(=O)(=O)c1ccccc1. The second-order valence-corrected chi connectivity index (χ2v) is 9.27. The molecule has 2 rings (SSSR count). The van der Waals surface area contributed by atoms with Gasteiger partial charge < -0.3 is 4.74 Å². The van der Waals surface area contributed by atoms with Crippen molar-refractivity contribution in [2.75, 3.05) is 13.2 Å². The quantitative estimate of drug-likeness (QED) is 0.633. The number of hydrogen-bond acceptors (Lipinski definition) is 5. The van der Waals surface area contributed by atoms with E-state index in [1.807, 2.05) is 0 Å². The third-order valence-corrected chi connectivity index (χ3v) is 7.22. The summed E-state index contributed by atoms with van der Waals surface area (Å²) in [6.45, 7) is 6.03. The van der Waals surface area contributed by atoms with Gasteiger partial charge in [0.1, 0.15) is 9.81 Å². The molecule has 5 nitrogen and oxygen atoms in total. The van der Waals surface area contributed by atoms with Crippen molar-refractivity contribution in [1.82, 2.24) is 0 Å². The summed E-state index contributed by atoms with van der Waals surface area (Å²) in [5.74, 6) is 0. The van der Waals surface area contributed by atoms with Crippen molar-refractivity contribution < 1.29 is 21.6 Å². The van der Waals surface area contributed by atoms with Gasteiger partial charge in [-0.15, -0.1) is 11.5 Å². The highest BCUT2D eigenvalue weighted by molar-refractivity contribution is 7.95. The number of sulfone groups is 2.